The Labute approximate surface area is 237 Å². The van der Waals surface area contributed by atoms with Gasteiger partial charge in [-0.2, -0.15) is 0 Å². The number of halogens is 1. The Morgan fingerprint density at radius 3 is 2.54 bits per heavy atom. The van der Waals surface area contributed by atoms with Crippen LogP contribution in [0.15, 0.2) is 23.0 Å². The number of likely N-dealkylation sites (N-methyl/N-ethyl adjacent to an activating group) is 1. The van der Waals surface area contributed by atoms with E-state index in [1.54, 1.807) is 20.1 Å². The van der Waals surface area contributed by atoms with Crippen molar-refractivity contribution in [3.05, 3.63) is 57.0 Å². The summed E-state index contributed by atoms with van der Waals surface area (Å²) in [6.45, 7) is 3.49. The fourth-order valence-corrected chi connectivity index (χ4v) is 5.64. The number of carbonyl (C=O) groups excluding carboxylic acids is 3. The second-order valence-electron chi connectivity index (χ2n) is 11.2. The minimum absolute atomic E-state index is 0.00889. The smallest absolute Gasteiger partial charge is 0.311 e. The third-order valence-corrected chi connectivity index (χ3v) is 8.06. The zero-order valence-electron chi connectivity index (χ0n) is 23.8. The second-order valence-corrected chi connectivity index (χ2v) is 11.2. The van der Waals surface area contributed by atoms with Crippen molar-refractivity contribution in [1.82, 2.24) is 30.4 Å². The maximum Gasteiger partial charge on any atom is 0.311 e. The van der Waals surface area contributed by atoms with E-state index in [4.69, 9.17) is 4.74 Å². The van der Waals surface area contributed by atoms with E-state index >= 15 is 0 Å². The van der Waals surface area contributed by atoms with Gasteiger partial charge in [0.05, 0.1) is 12.1 Å². The minimum Gasteiger partial charge on any atom is -0.501 e. The average molecular weight is 573 g/mol. The molecule has 2 aromatic rings. The number of hydrogen-bond donors (Lipinski definition) is 4. The molecule has 5 rings (SSSR count). The third kappa shape index (κ3) is 6.10. The zero-order valence-corrected chi connectivity index (χ0v) is 23.8. The maximum atomic E-state index is 13.6. The van der Waals surface area contributed by atoms with Crippen LogP contribution >= 0.6 is 0 Å². The van der Waals surface area contributed by atoms with Crippen LogP contribution in [-0.4, -0.2) is 78.2 Å². The standard InChI is InChI=1S/C28H37FN6O6/c1-17-13-18(5-6-19(17)29)14-31-22(37)20-21(36)24(39)35-16-27(15-30-11-12-41-4)7-9-28(10-8-27,26(35)32-20)33-23(38)25(40)34(2)3/h5-6,13,30,36H,7-12,14-16H2,1-4H3,(H,31,37)(H,33,38). The first-order chi connectivity index (χ1) is 19.4. The number of benzene rings is 1. The summed E-state index contributed by atoms with van der Waals surface area (Å²) in [5, 5.41) is 19.7. The van der Waals surface area contributed by atoms with Crippen LogP contribution in [0.2, 0.25) is 0 Å². The van der Waals surface area contributed by atoms with Crippen LogP contribution in [0, 0.1) is 18.2 Å². The molecule has 0 spiro atoms. The van der Waals surface area contributed by atoms with Gasteiger partial charge in [0, 0.05) is 52.8 Å². The summed E-state index contributed by atoms with van der Waals surface area (Å²) in [7, 11) is 4.53. The van der Waals surface area contributed by atoms with E-state index in [9.17, 15) is 28.7 Å². The van der Waals surface area contributed by atoms with E-state index < -0.39 is 40.3 Å². The van der Waals surface area contributed by atoms with E-state index in [-0.39, 0.29) is 30.1 Å². The van der Waals surface area contributed by atoms with Crippen molar-refractivity contribution in [2.45, 2.75) is 51.2 Å². The van der Waals surface area contributed by atoms with E-state index in [0.29, 0.717) is 56.5 Å². The first kappa shape index (κ1) is 30.1. The predicted octanol–water partition coefficient (Wildman–Crippen LogP) is 0.536. The van der Waals surface area contributed by atoms with Crippen molar-refractivity contribution in [3.8, 4) is 5.75 Å². The van der Waals surface area contributed by atoms with Crippen molar-refractivity contribution in [2.75, 3.05) is 40.9 Å². The first-order valence-corrected chi connectivity index (χ1v) is 13.5. The monoisotopic (exact) mass is 572 g/mol. The summed E-state index contributed by atoms with van der Waals surface area (Å²) in [6.07, 6.45) is 1.94. The Morgan fingerprint density at radius 1 is 1.20 bits per heavy atom. The number of carbonyl (C=O) groups is 3. The van der Waals surface area contributed by atoms with Gasteiger partial charge < -0.3 is 30.7 Å². The van der Waals surface area contributed by atoms with Crippen LogP contribution in [0.3, 0.4) is 0 Å². The summed E-state index contributed by atoms with van der Waals surface area (Å²) >= 11 is 0. The predicted molar refractivity (Wildman–Crippen MR) is 147 cm³/mol. The Hall–Kier alpha value is -3.84. The number of ether oxygens (including phenoxy) is 1. The molecule has 3 aliphatic rings. The number of aryl methyl sites for hydroxylation is 1. The zero-order chi connectivity index (χ0) is 29.9. The molecule has 13 heteroatoms. The largest absolute Gasteiger partial charge is 0.501 e. The molecule has 0 radical (unpaired) electrons. The average Bonchev–Trinajstić information content (AvgIpc) is 3.16. The van der Waals surface area contributed by atoms with Gasteiger partial charge in [-0.15, -0.1) is 0 Å². The quantitative estimate of drug-likeness (QED) is 0.251. The van der Waals surface area contributed by atoms with Crippen molar-refractivity contribution >= 4 is 17.7 Å². The highest BCUT2D eigenvalue weighted by Gasteiger charge is 2.52. The van der Waals surface area contributed by atoms with E-state index in [1.165, 1.54) is 30.8 Å². The van der Waals surface area contributed by atoms with Gasteiger partial charge in [0.2, 0.25) is 5.75 Å². The second kappa shape index (κ2) is 12.0. The van der Waals surface area contributed by atoms with E-state index in [1.807, 2.05) is 0 Å². The highest BCUT2D eigenvalue weighted by molar-refractivity contribution is 6.35. The molecular weight excluding hydrogens is 535 g/mol. The molecule has 1 aromatic heterocycles. The molecule has 41 heavy (non-hydrogen) atoms. The third-order valence-electron chi connectivity index (χ3n) is 8.06. The van der Waals surface area contributed by atoms with Crippen LogP contribution in [0.5, 0.6) is 5.75 Å². The van der Waals surface area contributed by atoms with Crippen molar-refractivity contribution < 1.29 is 28.6 Å². The number of methoxy groups -OCH3 is 1. The molecule has 0 unspecified atom stereocenters. The lowest BCUT2D eigenvalue weighted by Gasteiger charge is -2.42. The molecule has 222 valence electrons. The van der Waals surface area contributed by atoms with Gasteiger partial charge >= 0.3 is 11.8 Å². The fraction of sp³-hybridized carbons (Fsp3) is 0.536. The van der Waals surface area contributed by atoms with Gasteiger partial charge in [-0.1, -0.05) is 12.1 Å². The van der Waals surface area contributed by atoms with Crippen molar-refractivity contribution in [3.63, 3.8) is 0 Å². The van der Waals surface area contributed by atoms with Crippen LogP contribution in [0.1, 0.15) is 53.1 Å². The number of fused-ring (bicyclic) bond motifs is 2. The summed E-state index contributed by atoms with van der Waals surface area (Å²) in [5.41, 5.74) is -1.85. The van der Waals surface area contributed by atoms with Gasteiger partial charge in [0.25, 0.3) is 11.5 Å². The van der Waals surface area contributed by atoms with Crippen LogP contribution in [-0.2, 0) is 33.0 Å². The minimum atomic E-state index is -1.20. The fourth-order valence-electron chi connectivity index (χ4n) is 5.64. The number of hydrogen-bond acceptors (Lipinski definition) is 8. The number of amides is 3. The maximum absolute atomic E-state index is 13.6. The lowest BCUT2D eigenvalue weighted by Crippen LogP contribution is -2.54. The van der Waals surface area contributed by atoms with Gasteiger partial charge in [-0.3, -0.25) is 23.7 Å². The van der Waals surface area contributed by atoms with Crippen LogP contribution < -0.4 is 21.5 Å². The molecule has 4 N–H and O–H groups in total. The SMILES string of the molecule is COCCNCC12CCC(NC(=O)C(=O)N(C)C)(CC1)c1nc(C(=O)NCc3ccc(F)c(C)c3)c(O)c(=O)n1C2. The van der Waals surface area contributed by atoms with E-state index in [0.717, 1.165) is 4.90 Å². The number of aromatic nitrogens is 2. The molecule has 3 amide bonds. The molecule has 3 heterocycles. The summed E-state index contributed by atoms with van der Waals surface area (Å²) in [4.78, 5) is 57.9. The summed E-state index contributed by atoms with van der Waals surface area (Å²) in [6, 6.07) is 4.39. The van der Waals surface area contributed by atoms with Crippen molar-refractivity contribution in [2.24, 2.45) is 5.41 Å². The number of nitrogens with one attached hydrogen (secondary N) is 3. The van der Waals surface area contributed by atoms with Gasteiger partial charge in [-0.05, 0) is 49.8 Å². The molecule has 1 aromatic carbocycles. The Bertz CT molecular complexity index is 1400. The van der Waals surface area contributed by atoms with E-state index in [2.05, 4.69) is 20.9 Å². The molecule has 1 saturated carbocycles. The highest BCUT2D eigenvalue weighted by atomic mass is 19.1. The molecule has 0 saturated heterocycles. The van der Waals surface area contributed by atoms with Gasteiger partial charge in [0.1, 0.15) is 11.6 Å². The summed E-state index contributed by atoms with van der Waals surface area (Å²) < 4.78 is 20.1. The number of rotatable bonds is 9. The van der Waals surface area contributed by atoms with Crippen LogP contribution in [0.4, 0.5) is 4.39 Å². The normalized spacial score (nSPS) is 21.1. The molecule has 2 aliphatic heterocycles. The molecule has 1 aliphatic carbocycles. The Kier molecular flexibility index (Phi) is 8.78. The Balaban J connectivity index is 1.72. The lowest BCUT2D eigenvalue weighted by atomic mass is 9.68. The highest BCUT2D eigenvalue weighted by Crippen LogP contribution is 2.49. The Morgan fingerprint density at radius 2 is 1.90 bits per heavy atom. The van der Waals surface area contributed by atoms with Gasteiger partial charge in [-0.25, -0.2) is 9.37 Å². The summed E-state index contributed by atoms with van der Waals surface area (Å²) in [5.74, 6) is -3.48. The molecule has 12 nitrogen and oxygen atoms in total. The number of nitrogens with zero attached hydrogens (tertiary/aromatic N) is 3. The van der Waals surface area contributed by atoms with Gasteiger partial charge in [0.15, 0.2) is 5.69 Å². The number of aromatic hydroxyl groups is 1. The molecule has 0 atom stereocenters. The van der Waals surface area contributed by atoms with Crippen LogP contribution in [0.25, 0.3) is 0 Å². The lowest BCUT2D eigenvalue weighted by molar-refractivity contribution is -0.145. The molecular formula is C28H37FN6O6. The van der Waals surface area contributed by atoms with Crippen molar-refractivity contribution in [1.29, 1.82) is 0 Å². The molecule has 1 fully saturated rings. The molecule has 2 bridgehead atoms. The topological polar surface area (TPSA) is 155 Å². The first-order valence-electron chi connectivity index (χ1n) is 13.5.